The number of benzene rings is 2. The molecule has 5 nitrogen and oxygen atoms in total. The van der Waals surface area contributed by atoms with Crippen molar-refractivity contribution in [2.24, 2.45) is 0 Å². The first-order valence-electron chi connectivity index (χ1n) is 8.93. The van der Waals surface area contributed by atoms with Gasteiger partial charge < -0.3 is 10.1 Å². The van der Waals surface area contributed by atoms with E-state index in [1.54, 1.807) is 24.3 Å². The fourth-order valence-electron chi connectivity index (χ4n) is 2.97. The van der Waals surface area contributed by atoms with Crippen molar-refractivity contribution in [1.29, 1.82) is 0 Å². The Kier molecular flexibility index (Phi) is 5.91. The van der Waals surface area contributed by atoms with E-state index >= 15 is 0 Å². The van der Waals surface area contributed by atoms with Crippen LogP contribution in [0, 0.1) is 13.8 Å². The van der Waals surface area contributed by atoms with Crippen LogP contribution in [0.1, 0.15) is 32.9 Å². The van der Waals surface area contributed by atoms with Crippen LogP contribution in [0.15, 0.2) is 54.6 Å². The zero-order valence-electron chi connectivity index (χ0n) is 16.0. The van der Waals surface area contributed by atoms with Crippen molar-refractivity contribution in [3.8, 4) is 5.75 Å². The second-order valence-corrected chi connectivity index (χ2v) is 6.62. The zero-order chi connectivity index (χ0) is 21.0. The lowest BCUT2D eigenvalue weighted by Gasteiger charge is -2.14. The number of rotatable bonds is 6. The molecule has 0 bridgehead atoms. The lowest BCUT2D eigenvalue weighted by Crippen LogP contribution is -2.24. The van der Waals surface area contributed by atoms with E-state index in [0.717, 1.165) is 17.0 Å². The highest BCUT2D eigenvalue weighted by atomic mass is 19.4. The highest BCUT2D eigenvalue weighted by molar-refractivity contribution is 5.94. The Hall–Kier alpha value is -3.29. The molecule has 0 saturated carbocycles. The average Bonchev–Trinajstić information content (AvgIpc) is 2.96. The van der Waals surface area contributed by atoms with Gasteiger partial charge in [-0.15, -0.1) is 13.2 Å². The van der Waals surface area contributed by atoms with Crippen molar-refractivity contribution in [1.82, 2.24) is 15.1 Å². The zero-order valence-corrected chi connectivity index (χ0v) is 16.0. The minimum atomic E-state index is -4.79. The van der Waals surface area contributed by atoms with Crippen LogP contribution in [0.3, 0.4) is 0 Å². The number of ether oxygens (including phenoxy) is 1. The first-order chi connectivity index (χ1) is 13.7. The molecule has 0 saturated heterocycles. The molecule has 1 N–H and O–H groups in total. The Morgan fingerprint density at radius 2 is 1.86 bits per heavy atom. The number of nitrogens with one attached hydrogen (secondary N) is 1. The molecule has 0 aliphatic carbocycles. The maximum atomic E-state index is 12.5. The molecule has 1 heterocycles. The molecule has 1 amide bonds. The molecule has 0 fully saturated rings. The van der Waals surface area contributed by atoms with E-state index in [1.807, 2.05) is 30.7 Å². The number of halogens is 3. The number of amides is 1. The fourth-order valence-corrected chi connectivity index (χ4v) is 2.97. The van der Waals surface area contributed by atoms with Gasteiger partial charge in [-0.3, -0.25) is 9.48 Å². The predicted molar refractivity (Wildman–Crippen MR) is 102 cm³/mol. The monoisotopic (exact) mass is 403 g/mol. The maximum absolute atomic E-state index is 12.5. The minimum Gasteiger partial charge on any atom is -0.405 e. The molecule has 2 aromatic carbocycles. The van der Waals surface area contributed by atoms with E-state index in [9.17, 15) is 18.0 Å². The van der Waals surface area contributed by atoms with Gasteiger partial charge in [0, 0.05) is 23.4 Å². The van der Waals surface area contributed by atoms with Crippen molar-refractivity contribution in [2.45, 2.75) is 33.3 Å². The maximum Gasteiger partial charge on any atom is 0.573 e. The molecule has 0 atom stereocenters. The number of carbonyl (C=O) groups excluding carboxylic acids is 1. The molecule has 0 spiro atoms. The van der Waals surface area contributed by atoms with Gasteiger partial charge in [0.1, 0.15) is 5.75 Å². The third-order valence-electron chi connectivity index (χ3n) is 4.26. The van der Waals surface area contributed by atoms with Gasteiger partial charge in [0.2, 0.25) is 0 Å². The second kappa shape index (κ2) is 8.38. The number of aryl methyl sites for hydroxylation is 2. The van der Waals surface area contributed by atoms with E-state index in [2.05, 4.69) is 15.2 Å². The van der Waals surface area contributed by atoms with Crippen molar-refractivity contribution in [2.75, 3.05) is 0 Å². The van der Waals surface area contributed by atoms with Gasteiger partial charge in [-0.1, -0.05) is 30.3 Å². The molecule has 0 aliphatic rings. The Bertz CT molecular complexity index is 1010. The summed E-state index contributed by atoms with van der Waals surface area (Å²) in [6.07, 6.45) is -4.79. The summed E-state index contributed by atoms with van der Waals surface area (Å²) in [6.45, 7) is 4.29. The second-order valence-electron chi connectivity index (χ2n) is 6.62. The number of para-hydroxylation sites is 1. The molecular formula is C21H20F3N3O2. The molecule has 0 aliphatic heterocycles. The summed E-state index contributed by atoms with van der Waals surface area (Å²) in [5, 5.41) is 7.04. The molecule has 0 radical (unpaired) electrons. The van der Waals surface area contributed by atoms with Crippen LogP contribution in [0.2, 0.25) is 0 Å². The van der Waals surface area contributed by atoms with Gasteiger partial charge in [-0.05, 0) is 43.7 Å². The molecule has 152 valence electrons. The third-order valence-corrected chi connectivity index (χ3v) is 4.26. The molecule has 29 heavy (non-hydrogen) atoms. The number of hydrogen-bond acceptors (Lipinski definition) is 3. The Morgan fingerprint density at radius 1 is 1.10 bits per heavy atom. The van der Waals surface area contributed by atoms with Crippen LogP contribution >= 0.6 is 0 Å². The number of hydrogen-bond donors (Lipinski definition) is 1. The molecular weight excluding hydrogens is 383 g/mol. The molecule has 8 heteroatoms. The van der Waals surface area contributed by atoms with Gasteiger partial charge in [-0.2, -0.15) is 5.10 Å². The Labute approximate surface area is 166 Å². The minimum absolute atomic E-state index is 0.0905. The topological polar surface area (TPSA) is 56.2 Å². The summed E-state index contributed by atoms with van der Waals surface area (Å²) in [7, 11) is 0. The summed E-state index contributed by atoms with van der Waals surface area (Å²) in [5.74, 6) is -0.722. The quantitative estimate of drug-likeness (QED) is 0.665. The van der Waals surface area contributed by atoms with Crippen molar-refractivity contribution in [3.63, 3.8) is 0 Å². The van der Waals surface area contributed by atoms with Crippen LogP contribution in [-0.4, -0.2) is 22.1 Å². The standard InChI is InChI=1S/C21H20F3N3O2/c1-14-10-15(2)27(26-14)13-16-6-5-8-17(11-16)20(28)25-12-18-7-3-4-9-19(18)29-21(22,23)24/h3-11H,12-13H2,1-2H3,(H,25,28). The van der Waals surface area contributed by atoms with Crippen molar-refractivity contribution in [3.05, 3.63) is 82.7 Å². The van der Waals surface area contributed by atoms with E-state index < -0.39 is 6.36 Å². The highest BCUT2D eigenvalue weighted by Crippen LogP contribution is 2.26. The predicted octanol–water partition coefficient (Wildman–Crippen LogP) is 4.38. The summed E-state index contributed by atoms with van der Waals surface area (Å²) in [5.41, 5.74) is 3.47. The average molecular weight is 403 g/mol. The molecule has 3 rings (SSSR count). The SMILES string of the molecule is Cc1cc(C)n(Cc2cccc(C(=O)NCc3ccccc3OC(F)(F)F)c2)n1. The molecule has 3 aromatic rings. The number of carbonyl (C=O) groups is 1. The number of nitrogens with zero attached hydrogens (tertiary/aromatic N) is 2. The van der Waals surface area contributed by atoms with Gasteiger partial charge in [0.05, 0.1) is 12.2 Å². The summed E-state index contributed by atoms with van der Waals surface area (Å²) in [6, 6.07) is 14.7. The van der Waals surface area contributed by atoms with Crippen LogP contribution < -0.4 is 10.1 Å². The number of aromatic nitrogens is 2. The first kappa shape index (κ1) is 20.4. The van der Waals surface area contributed by atoms with Gasteiger partial charge in [0.25, 0.3) is 5.91 Å². The van der Waals surface area contributed by atoms with Gasteiger partial charge in [-0.25, -0.2) is 0 Å². The Morgan fingerprint density at radius 3 is 2.55 bits per heavy atom. The van der Waals surface area contributed by atoms with Crippen LogP contribution in [-0.2, 0) is 13.1 Å². The summed E-state index contributed by atoms with van der Waals surface area (Å²) < 4.78 is 43.4. The Balaban J connectivity index is 1.68. The smallest absolute Gasteiger partial charge is 0.405 e. The third kappa shape index (κ3) is 5.60. The largest absolute Gasteiger partial charge is 0.573 e. The fraction of sp³-hybridized carbons (Fsp3) is 0.238. The van der Waals surface area contributed by atoms with Gasteiger partial charge in [0.15, 0.2) is 0 Å². The van der Waals surface area contributed by atoms with Crippen LogP contribution in [0.5, 0.6) is 5.75 Å². The normalized spacial score (nSPS) is 11.3. The van der Waals surface area contributed by atoms with E-state index in [0.29, 0.717) is 12.1 Å². The van der Waals surface area contributed by atoms with Gasteiger partial charge >= 0.3 is 6.36 Å². The van der Waals surface area contributed by atoms with Crippen molar-refractivity contribution >= 4 is 5.91 Å². The van der Waals surface area contributed by atoms with E-state index in [-0.39, 0.29) is 23.8 Å². The molecule has 0 unspecified atom stereocenters. The van der Waals surface area contributed by atoms with Crippen molar-refractivity contribution < 1.29 is 22.7 Å². The lowest BCUT2D eigenvalue weighted by molar-refractivity contribution is -0.274. The highest BCUT2D eigenvalue weighted by Gasteiger charge is 2.32. The number of alkyl halides is 3. The van der Waals surface area contributed by atoms with Crippen LogP contribution in [0.25, 0.3) is 0 Å². The summed E-state index contributed by atoms with van der Waals surface area (Å²) in [4.78, 5) is 12.5. The summed E-state index contributed by atoms with van der Waals surface area (Å²) >= 11 is 0. The van der Waals surface area contributed by atoms with Crippen LogP contribution in [0.4, 0.5) is 13.2 Å². The molecule has 1 aromatic heterocycles. The first-order valence-corrected chi connectivity index (χ1v) is 8.93. The van der Waals surface area contributed by atoms with E-state index in [4.69, 9.17) is 0 Å². The lowest BCUT2D eigenvalue weighted by atomic mass is 10.1. The van der Waals surface area contributed by atoms with E-state index in [1.165, 1.54) is 18.2 Å².